The molecule has 38 heavy (non-hydrogen) atoms. The van der Waals surface area contributed by atoms with E-state index in [1.165, 1.54) is 35.2 Å². The van der Waals surface area contributed by atoms with Gasteiger partial charge in [0, 0.05) is 34.4 Å². The van der Waals surface area contributed by atoms with Crippen LogP contribution in [-0.2, 0) is 0 Å². The highest BCUT2D eigenvalue weighted by atomic mass is 32.2. The van der Waals surface area contributed by atoms with Crippen LogP contribution in [0.1, 0.15) is 0 Å². The third-order valence-electron chi connectivity index (χ3n) is 5.75. The van der Waals surface area contributed by atoms with Crippen LogP contribution >= 0.6 is 11.8 Å². The van der Waals surface area contributed by atoms with Crippen LogP contribution in [0, 0.1) is 5.82 Å². The van der Waals surface area contributed by atoms with E-state index in [0.29, 0.717) is 34.1 Å². The van der Waals surface area contributed by atoms with Crippen LogP contribution in [0.3, 0.4) is 0 Å². The van der Waals surface area contributed by atoms with Crippen LogP contribution in [0.15, 0.2) is 115 Å². The van der Waals surface area contributed by atoms with Gasteiger partial charge in [0.2, 0.25) is 0 Å². The third-order valence-corrected chi connectivity index (χ3v) is 6.86. The number of pyridine rings is 1. The molecule has 10 heteroatoms. The summed E-state index contributed by atoms with van der Waals surface area (Å²) in [7, 11) is 0. The average Bonchev–Trinajstić information content (AvgIpc) is 2.93. The van der Waals surface area contributed by atoms with E-state index < -0.39 is 22.8 Å². The molecule has 3 heterocycles. The highest BCUT2D eigenvalue weighted by molar-refractivity contribution is 7.99. The van der Waals surface area contributed by atoms with Gasteiger partial charge in [-0.3, -0.25) is 9.36 Å². The number of aromatic nitrogens is 3. The van der Waals surface area contributed by atoms with Gasteiger partial charge in [-0.15, -0.1) is 0 Å². The number of aromatic hydroxyl groups is 1. The van der Waals surface area contributed by atoms with Crippen LogP contribution in [0.2, 0.25) is 0 Å². The predicted molar refractivity (Wildman–Crippen MR) is 140 cm³/mol. The third kappa shape index (κ3) is 4.06. The summed E-state index contributed by atoms with van der Waals surface area (Å²) in [5.41, 5.74) is -0.770. The molecule has 0 amide bonds. The van der Waals surface area contributed by atoms with Gasteiger partial charge < -0.3 is 14.3 Å². The van der Waals surface area contributed by atoms with Gasteiger partial charge in [0.15, 0.2) is 11.3 Å². The van der Waals surface area contributed by atoms with Crippen molar-refractivity contribution in [3.8, 4) is 23.2 Å². The van der Waals surface area contributed by atoms with Crippen LogP contribution in [-0.4, -0.2) is 19.6 Å². The van der Waals surface area contributed by atoms with E-state index in [1.54, 1.807) is 60.7 Å². The van der Waals surface area contributed by atoms with Crippen LogP contribution < -0.4 is 15.9 Å². The Balaban J connectivity index is 1.64. The minimum atomic E-state index is -0.903. The highest BCUT2D eigenvalue weighted by Gasteiger charge is 2.24. The fourth-order valence-corrected chi connectivity index (χ4v) is 4.93. The maximum atomic E-state index is 14.3. The summed E-state index contributed by atoms with van der Waals surface area (Å²) in [6.07, 6.45) is 3.07. The largest absolute Gasteiger partial charge is 0.505 e. The Morgan fingerprint density at radius 1 is 0.921 bits per heavy atom. The standard InChI is InChI=1S/C28H16FN3O5S/c29-19-9-4-5-10-21(19)38-25-23(33)22-24(37-27(25)35)18-12-11-17(36-28-30-13-6-14-31-28)15-20(18)32(26(22)34)16-7-2-1-3-8-16/h1-15,33H. The molecule has 0 atom stereocenters. The molecular formula is C28H16FN3O5S. The second-order valence-electron chi connectivity index (χ2n) is 8.09. The molecule has 186 valence electrons. The van der Waals surface area contributed by atoms with Crippen molar-refractivity contribution in [2.45, 2.75) is 9.79 Å². The van der Waals surface area contributed by atoms with Gasteiger partial charge in [0.05, 0.1) is 5.52 Å². The number of para-hydroxylation sites is 1. The smallest absolute Gasteiger partial charge is 0.354 e. The Morgan fingerprint density at radius 2 is 1.66 bits per heavy atom. The number of fused-ring (bicyclic) bond motifs is 3. The molecule has 3 aromatic carbocycles. The topological polar surface area (TPSA) is 107 Å². The average molecular weight is 526 g/mol. The number of rotatable bonds is 5. The van der Waals surface area contributed by atoms with Crippen molar-refractivity contribution in [3.05, 3.63) is 118 Å². The summed E-state index contributed by atoms with van der Waals surface area (Å²) < 4.78 is 27.0. The summed E-state index contributed by atoms with van der Waals surface area (Å²) in [4.78, 5) is 34.8. The molecule has 0 saturated carbocycles. The summed E-state index contributed by atoms with van der Waals surface area (Å²) in [5.74, 6) is -0.823. The number of ether oxygens (including phenoxy) is 1. The first-order chi connectivity index (χ1) is 18.5. The number of hydrogen-bond donors (Lipinski definition) is 1. The minimum Gasteiger partial charge on any atom is -0.505 e. The van der Waals surface area contributed by atoms with Gasteiger partial charge >= 0.3 is 11.6 Å². The van der Waals surface area contributed by atoms with Crippen molar-refractivity contribution < 1.29 is 18.7 Å². The lowest BCUT2D eigenvalue weighted by molar-refractivity contribution is 0.442. The quantitative estimate of drug-likeness (QED) is 0.287. The van der Waals surface area contributed by atoms with E-state index in [2.05, 4.69) is 9.97 Å². The normalized spacial score (nSPS) is 11.2. The van der Waals surface area contributed by atoms with Crippen LogP contribution in [0.25, 0.3) is 27.6 Å². The SMILES string of the molecule is O=c1oc2c(c(O)c1Sc1ccccc1F)c(=O)n(-c1ccccc1)c1cc(Oc3ncccn3)ccc21. The Kier molecular flexibility index (Phi) is 5.85. The molecule has 6 rings (SSSR count). The molecule has 3 aromatic heterocycles. The van der Waals surface area contributed by atoms with E-state index in [1.807, 2.05) is 0 Å². The maximum Gasteiger partial charge on any atom is 0.354 e. The molecule has 0 spiro atoms. The van der Waals surface area contributed by atoms with Crippen molar-refractivity contribution in [2.75, 3.05) is 0 Å². The van der Waals surface area contributed by atoms with E-state index in [-0.39, 0.29) is 26.8 Å². The van der Waals surface area contributed by atoms with Crippen molar-refractivity contribution >= 4 is 33.6 Å². The molecule has 0 aliphatic heterocycles. The fraction of sp³-hybridized carbons (Fsp3) is 0. The zero-order valence-electron chi connectivity index (χ0n) is 19.4. The summed E-state index contributed by atoms with van der Waals surface area (Å²) in [6.45, 7) is 0. The first-order valence-corrected chi connectivity index (χ1v) is 12.1. The number of benzene rings is 3. The predicted octanol–water partition coefficient (Wildman–Crippen LogP) is 5.68. The molecule has 0 fully saturated rings. The van der Waals surface area contributed by atoms with Crippen molar-refractivity contribution in [3.63, 3.8) is 0 Å². The van der Waals surface area contributed by atoms with Gasteiger partial charge in [-0.2, -0.15) is 0 Å². The molecular weight excluding hydrogens is 509 g/mol. The molecule has 6 aromatic rings. The zero-order valence-corrected chi connectivity index (χ0v) is 20.2. The second kappa shape index (κ2) is 9.49. The fourth-order valence-electron chi connectivity index (χ4n) is 4.07. The van der Waals surface area contributed by atoms with E-state index in [0.717, 1.165) is 0 Å². The van der Waals surface area contributed by atoms with Crippen molar-refractivity contribution in [1.29, 1.82) is 0 Å². The maximum absolute atomic E-state index is 14.3. The van der Waals surface area contributed by atoms with Gasteiger partial charge in [0.25, 0.3) is 5.56 Å². The molecule has 8 nitrogen and oxygen atoms in total. The summed E-state index contributed by atoms with van der Waals surface area (Å²) in [5, 5.41) is 11.4. The van der Waals surface area contributed by atoms with Crippen molar-refractivity contribution in [2.24, 2.45) is 0 Å². The van der Waals surface area contributed by atoms with Gasteiger partial charge in [-0.05, 0) is 42.5 Å². The molecule has 0 saturated heterocycles. The van der Waals surface area contributed by atoms with Gasteiger partial charge in [-0.25, -0.2) is 19.2 Å². The summed E-state index contributed by atoms with van der Waals surface area (Å²) >= 11 is 0.688. The van der Waals surface area contributed by atoms with E-state index in [9.17, 15) is 19.1 Å². The molecule has 0 bridgehead atoms. The lowest BCUT2D eigenvalue weighted by Gasteiger charge is -2.15. The lowest BCUT2D eigenvalue weighted by atomic mass is 10.1. The Morgan fingerprint density at radius 3 is 2.42 bits per heavy atom. The van der Waals surface area contributed by atoms with E-state index in [4.69, 9.17) is 9.15 Å². The van der Waals surface area contributed by atoms with Gasteiger partial charge in [-0.1, -0.05) is 42.1 Å². The van der Waals surface area contributed by atoms with Crippen molar-refractivity contribution in [1.82, 2.24) is 14.5 Å². The number of halogens is 1. The monoisotopic (exact) mass is 525 g/mol. The zero-order chi connectivity index (χ0) is 26.2. The van der Waals surface area contributed by atoms with E-state index >= 15 is 0 Å². The highest BCUT2D eigenvalue weighted by Crippen LogP contribution is 2.39. The molecule has 0 unspecified atom stereocenters. The van der Waals surface area contributed by atoms with Crippen LogP contribution in [0.4, 0.5) is 4.39 Å². The van der Waals surface area contributed by atoms with Crippen LogP contribution in [0.5, 0.6) is 17.5 Å². The Labute approximate surface area is 217 Å². The number of hydrogen-bond acceptors (Lipinski definition) is 8. The lowest BCUT2D eigenvalue weighted by Crippen LogP contribution is -2.20. The second-order valence-corrected chi connectivity index (χ2v) is 9.14. The molecule has 0 aliphatic carbocycles. The Bertz CT molecular complexity index is 1940. The molecule has 0 radical (unpaired) electrons. The summed E-state index contributed by atoms with van der Waals surface area (Å²) in [6, 6.07) is 21.2. The van der Waals surface area contributed by atoms with Gasteiger partial charge in [0.1, 0.15) is 21.8 Å². The minimum absolute atomic E-state index is 0.0972. The molecule has 1 N–H and O–H groups in total. The Hall–Kier alpha value is -4.96. The first kappa shape index (κ1) is 23.4. The molecule has 0 aliphatic rings. The first-order valence-electron chi connectivity index (χ1n) is 11.3. The number of nitrogens with zero attached hydrogens (tertiary/aromatic N) is 3.